The molecule has 1 aromatic heterocycles. The minimum atomic E-state index is -0.617. The van der Waals surface area contributed by atoms with Crippen molar-refractivity contribution in [2.24, 2.45) is 0 Å². The minimum absolute atomic E-state index is 0.000573. The lowest BCUT2D eigenvalue weighted by Crippen LogP contribution is -2.36. The van der Waals surface area contributed by atoms with E-state index < -0.39 is 28.5 Å². The van der Waals surface area contributed by atoms with Crippen LogP contribution < -0.4 is 5.32 Å². The van der Waals surface area contributed by atoms with E-state index in [2.05, 4.69) is 5.32 Å². The van der Waals surface area contributed by atoms with E-state index in [9.17, 15) is 24.5 Å². The van der Waals surface area contributed by atoms with Crippen molar-refractivity contribution in [2.45, 2.75) is 6.92 Å². The van der Waals surface area contributed by atoms with Crippen LogP contribution in [0, 0.1) is 17.0 Å². The fourth-order valence-corrected chi connectivity index (χ4v) is 4.14. The fraction of sp³-hybridized carbons (Fsp3) is 0.0870. The average molecular weight is 498 g/mol. The zero-order chi connectivity index (χ0) is 24.4. The van der Waals surface area contributed by atoms with Crippen LogP contribution in [-0.2, 0) is 9.59 Å². The van der Waals surface area contributed by atoms with E-state index >= 15 is 0 Å². The number of thioether (sulfide) groups is 1. The van der Waals surface area contributed by atoms with Crippen molar-refractivity contribution in [1.29, 1.82) is 0 Å². The number of nitro benzene ring substituents is 1. The van der Waals surface area contributed by atoms with E-state index in [-0.39, 0.29) is 21.4 Å². The molecule has 9 nitrogen and oxygen atoms in total. The van der Waals surface area contributed by atoms with Crippen molar-refractivity contribution in [2.75, 3.05) is 11.9 Å². The Morgan fingerprint density at radius 1 is 1.18 bits per heavy atom. The number of carbonyl (C=O) groups is 3. The highest BCUT2D eigenvalue weighted by Crippen LogP contribution is 2.34. The maximum atomic E-state index is 12.7. The van der Waals surface area contributed by atoms with Crippen LogP contribution in [0.2, 0.25) is 5.02 Å². The average Bonchev–Trinajstić information content (AvgIpc) is 3.36. The van der Waals surface area contributed by atoms with Crippen LogP contribution in [0.15, 0.2) is 63.9 Å². The fourth-order valence-electron chi connectivity index (χ4n) is 3.14. The number of nitro groups is 1. The van der Waals surface area contributed by atoms with Gasteiger partial charge >= 0.3 is 0 Å². The molecule has 2 heterocycles. The first kappa shape index (κ1) is 23.3. The molecular weight excluding hydrogens is 482 g/mol. The van der Waals surface area contributed by atoms with Crippen molar-refractivity contribution in [3.05, 3.63) is 86.0 Å². The highest BCUT2D eigenvalue weighted by atomic mass is 35.5. The van der Waals surface area contributed by atoms with Crippen molar-refractivity contribution in [1.82, 2.24) is 4.90 Å². The topological polar surface area (TPSA) is 123 Å². The number of imide groups is 1. The third kappa shape index (κ3) is 5.03. The maximum absolute atomic E-state index is 12.7. The van der Waals surface area contributed by atoms with Gasteiger partial charge in [-0.25, -0.2) is 0 Å². The molecular formula is C23H16ClN3O6S. The van der Waals surface area contributed by atoms with Gasteiger partial charge in [0, 0.05) is 23.4 Å². The summed E-state index contributed by atoms with van der Waals surface area (Å²) in [6.45, 7) is 1.49. The van der Waals surface area contributed by atoms with Crippen LogP contribution in [0.3, 0.4) is 0 Å². The number of furan rings is 1. The number of hydrogen-bond donors (Lipinski definition) is 1. The molecule has 1 aliphatic rings. The first-order chi connectivity index (χ1) is 16.2. The summed E-state index contributed by atoms with van der Waals surface area (Å²) < 4.78 is 5.68. The molecule has 11 heteroatoms. The van der Waals surface area contributed by atoms with Crippen molar-refractivity contribution in [3.63, 3.8) is 0 Å². The summed E-state index contributed by atoms with van der Waals surface area (Å²) in [7, 11) is 0. The van der Waals surface area contributed by atoms with Gasteiger partial charge in [0.2, 0.25) is 5.91 Å². The molecule has 2 aromatic carbocycles. The number of rotatable bonds is 6. The predicted molar refractivity (Wildman–Crippen MR) is 128 cm³/mol. The summed E-state index contributed by atoms with van der Waals surface area (Å²) in [6, 6.07) is 14.5. The van der Waals surface area contributed by atoms with E-state index in [1.54, 1.807) is 30.3 Å². The van der Waals surface area contributed by atoms with Gasteiger partial charge in [-0.05, 0) is 55.1 Å². The van der Waals surface area contributed by atoms with E-state index in [4.69, 9.17) is 16.0 Å². The lowest BCUT2D eigenvalue weighted by Gasteiger charge is -2.12. The lowest BCUT2D eigenvalue weighted by molar-refractivity contribution is -0.384. The summed E-state index contributed by atoms with van der Waals surface area (Å²) in [5.41, 5.74) is 1.76. The van der Waals surface area contributed by atoms with Gasteiger partial charge < -0.3 is 9.73 Å². The van der Waals surface area contributed by atoms with Gasteiger partial charge in [0.1, 0.15) is 23.1 Å². The van der Waals surface area contributed by atoms with Gasteiger partial charge in [-0.1, -0.05) is 29.3 Å². The Hall–Kier alpha value is -3.89. The highest BCUT2D eigenvalue weighted by molar-refractivity contribution is 8.18. The minimum Gasteiger partial charge on any atom is -0.457 e. The molecule has 0 radical (unpaired) electrons. The number of anilines is 1. The molecule has 0 spiro atoms. The van der Waals surface area contributed by atoms with Gasteiger partial charge in [0.25, 0.3) is 16.8 Å². The second-order valence-corrected chi connectivity index (χ2v) is 8.71. The molecule has 0 atom stereocenters. The largest absolute Gasteiger partial charge is 0.457 e. The predicted octanol–water partition coefficient (Wildman–Crippen LogP) is 5.49. The van der Waals surface area contributed by atoms with Crippen molar-refractivity contribution < 1.29 is 23.7 Å². The van der Waals surface area contributed by atoms with Gasteiger partial charge in [-0.15, -0.1) is 0 Å². The molecule has 172 valence electrons. The molecule has 0 aliphatic carbocycles. The summed E-state index contributed by atoms with van der Waals surface area (Å²) in [4.78, 5) is 48.8. The number of aryl methyl sites for hydroxylation is 1. The number of amides is 3. The van der Waals surface area contributed by atoms with Crippen LogP contribution in [0.25, 0.3) is 17.4 Å². The highest BCUT2D eigenvalue weighted by Gasteiger charge is 2.36. The Morgan fingerprint density at radius 3 is 2.62 bits per heavy atom. The Bertz CT molecular complexity index is 1350. The Labute approximate surface area is 202 Å². The molecule has 0 unspecified atom stereocenters. The van der Waals surface area contributed by atoms with Gasteiger partial charge in [0.05, 0.1) is 9.83 Å². The standard InChI is InChI=1S/C23H16ClN3O6S/c1-13-2-5-15(6-3-13)25-21(28)12-26-22(29)20(34-23(26)30)11-16-7-9-19(33-16)14-4-8-17(24)18(10-14)27(31)32/h2-11H,12H2,1H3,(H,25,28)/b20-11+. The van der Waals surface area contributed by atoms with E-state index in [0.29, 0.717) is 28.8 Å². The van der Waals surface area contributed by atoms with Crippen LogP contribution >= 0.6 is 23.4 Å². The smallest absolute Gasteiger partial charge is 0.294 e. The quantitative estimate of drug-likeness (QED) is 0.271. The zero-order valence-electron chi connectivity index (χ0n) is 17.6. The summed E-state index contributed by atoms with van der Waals surface area (Å²) in [6.07, 6.45) is 1.39. The van der Waals surface area contributed by atoms with Crippen LogP contribution in [0.1, 0.15) is 11.3 Å². The van der Waals surface area contributed by atoms with Crippen LogP contribution in [0.4, 0.5) is 16.2 Å². The van der Waals surface area contributed by atoms with E-state index in [1.807, 2.05) is 19.1 Å². The van der Waals surface area contributed by atoms with Crippen LogP contribution in [-0.4, -0.2) is 33.4 Å². The number of benzene rings is 2. The SMILES string of the molecule is Cc1ccc(NC(=O)CN2C(=O)S/C(=C/c3ccc(-c4ccc(Cl)c([N+](=O)[O-])c4)o3)C2=O)cc1. The van der Waals surface area contributed by atoms with Crippen molar-refractivity contribution >= 4 is 57.9 Å². The summed E-state index contributed by atoms with van der Waals surface area (Å²) >= 11 is 6.53. The second-order valence-electron chi connectivity index (χ2n) is 7.31. The molecule has 34 heavy (non-hydrogen) atoms. The monoisotopic (exact) mass is 497 g/mol. The molecule has 1 N–H and O–H groups in total. The molecule has 3 amide bonds. The van der Waals surface area contributed by atoms with Gasteiger partial charge in [-0.3, -0.25) is 29.4 Å². The Kier molecular flexibility index (Phi) is 6.53. The molecule has 0 saturated carbocycles. The van der Waals surface area contributed by atoms with E-state index in [1.165, 1.54) is 18.2 Å². The molecule has 3 aromatic rings. The number of carbonyl (C=O) groups excluding carboxylic acids is 3. The van der Waals surface area contributed by atoms with Crippen molar-refractivity contribution in [3.8, 4) is 11.3 Å². The molecule has 1 saturated heterocycles. The van der Waals surface area contributed by atoms with Gasteiger partial charge in [-0.2, -0.15) is 0 Å². The summed E-state index contributed by atoms with van der Waals surface area (Å²) in [5.74, 6) is -0.531. The Balaban J connectivity index is 1.47. The van der Waals surface area contributed by atoms with E-state index in [0.717, 1.165) is 10.5 Å². The number of halogens is 1. The van der Waals surface area contributed by atoms with Gasteiger partial charge in [0.15, 0.2) is 0 Å². The molecule has 1 aliphatic heterocycles. The third-order valence-corrected chi connectivity index (χ3v) is 6.07. The number of hydrogen-bond acceptors (Lipinski definition) is 7. The number of nitrogens with one attached hydrogen (secondary N) is 1. The lowest BCUT2D eigenvalue weighted by atomic mass is 10.1. The van der Waals surface area contributed by atoms with Crippen LogP contribution in [0.5, 0.6) is 0 Å². The summed E-state index contributed by atoms with van der Waals surface area (Å²) in [5, 5.41) is 13.2. The number of nitrogens with zero attached hydrogens (tertiary/aromatic N) is 2. The first-order valence-electron chi connectivity index (χ1n) is 9.87. The third-order valence-electron chi connectivity index (χ3n) is 4.84. The molecule has 0 bridgehead atoms. The molecule has 4 rings (SSSR count). The zero-order valence-corrected chi connectivity index (χ0v) is 19.2. The maximum Gasteiger partial charge on any atom is 0.294 e. The normalized spacial score (nSPS) is 14.6. The first-order valence-corrected chi connectivity index (χ1v) is 11.1. The molecule has 1 fully saturated rings. The Morgan fingerprint density at radius 2 is 1.91 bits per heavy atom. The second kappa shape index (κ2) is 9.54.